The summed E-state index contributed by atoms with van der Waals surface area (Å²) < 4.78 is 6.25. The van der Waals surface area contributed by atoms with Gasteiger partial charge in [0.15, 0.2) is 0 Å². The minimum absolute atomic E-state index is 0.0897. The maximum absolute atomic E-state index is 13.5. The van der Waals surface area contributed by atoms with Crippen LogP contribution < -0.4 is 10.1 Å². The number of fused-ring (bicyclic) bond motifs is 1. The lowest BCUT2D eigenvalue weighted by Gasteiger charge is -2.37. The Hall–Kier alpha value is -3.13. The number of hydrogen-bond donors (Lipinski definition) is 2. The highest BCUT2D eigenvalue weighted by Gasteiger charge is 2.34. The summed E-state index contributed by atoms with van der Waals surface area (Å²) in [7, 11) is 1.73. The molecule has 1 aromatic carbocycles. The van der Waals surface area contributed by atoms with Crippen LogP contribution in [0.25, 0.3) is 11.1 Å². The molecule has 0 spiro atoms. The second-order valence-electron chi connectivity index (χ2n) is 8.68. The highest BCUT2D eigenvalue weighted by Crippen LogP contribution is 2.30. The fourth-order valence-electron chi connectivity index (χ4n) is 3.83. The Labute approximate surface area is 195 Å². The van der Waals surface area contributed by atoms with Crippen molar-refractivity contribution in [3.05, 3.63) is 48.2 Å². The number of aromatic nitrogens is 1. The Bertz CT molecular complexity index is 953. The third-order valence-corrected chi connectivity index (χ3v) is 5.95. The lowest BCUT2D eigenvalue weighted by atomic mass is 9.99. The van der Waals surface area contributed by atoms with E-state index in [0.29, 0.717) is 25.2 Å². The Morgan fingerprint density at radius 1 is 1.33 bits per heavy atom. The van der Waals surface area contributed by atoms with Crippen molar-refractivity contribution in [3.63, 3.8) is 0 Å². The molecule has 0 aliphatic carbocycles. The van der Waals surface area contributed by atoms with Crippen LogP contribution in [0.5, 0.6) is 5.88 Å². The highest BCUT2D eigenvalue weighted by atomic mass is 16.5. The Morgan fingerprint density at radius 3 is 2.73 bits per heavy atom. The van der Waals surface area contributed by atoms with Gasteiger partial charge in [-0.05, 0) is 25.0 Å². The van der Waals surface area contributed by atoms with E-state index < -0.39 is 0 Å². The first-order valence-corrected chi connectivity index (χ1v) is 11.5. The number of aliphatic hydroxyl groups excluding tert-OH is 1. The predicted octanol–water partition coefficient (Wildman–Crippen LogP) is 3.02. The number of nitrogens with zero attached hydrogens (tertiary/aromatic N) is 3. The minimum Gasteiger partial charge on any atom is -0.472 e. The summed E-state index contributed by atoms with van der Waals surface area (Å²) in [6.45, 7) is 6.99. The lowest BCUT2D eigenvalue weighted by molar-refractivity contribution is 0.0352. The molecule has 0 radical (unpaired) electrons. The number of benzene rings is 1. The predicted molar refractivity (Wildman–Crippen MR) is 127 cm³/mol. The van der Waals surface area contributed by atoms with E-state index in [9.17, 15) is 14.7 Å². The lowest BCUT2D eigenvalue weighted by Crippen LogP contribution is -2.51. The molecule has 0 unspecified atom stereocenters. The number of pyridine rings is 1. The van der Waals surface area contributed by atoms with Crippen LogP contribution in [0.1, 0.15) is 37.6 Å². The number of urea groups is 1. The van der Waals surface area contributed by atoms with Crippen LogP contribution in [0.4, 0.5) is 4.79 Å². The summed E-state index contributed by atoms with van der Waals surface area (Å²) in [6, 6.07) is 11.0. The Morgan fingerprint density at radius 2 is 2.06 bits per heavy atom. The monoisotopic (exact) mass is 454 g/mol. The normalized spacial score (nSPS) is 19.1. The van der Waals surface area contributed by atoms with Gasteiger partial charge >= 0.3 is 6.03 Å². The first-order valence-electron chi connectivity index (χ1n) is 11.5. The first-order chi connectivity index (χ1) is 15.8. The van der Waals surface area contributed by atoms with Crippen LogP contribution in [0.2, 0.25) is 0 Å². The Balaban J connectivity index is 1.96. The molecule has 178 valence electrons. The average Bonchev–Trinajstić information content (AvgIpc) is 2.84. The van der Waals surface area contributed by atoms with Crippen molar-refractivity contribution in [1.82, 2.24) is 20.1 Å². The number of ether oxygens (including phenoxy) is 1. The number of carbonyl (C=O) groups excluding carboxylic acids is 2. The molecule has 33 heavy (non-hydrogen) atoms. The van der Waals surface area contributed by atoms with Gasteiger partial charge in [0.05, 0.1) is 19.2 Å². The minimum atomic E-state index is -0.377. The topological polar surface area (TPSA) is 95.0 Å². The molecule has 8 nitrogen and oxygen atoms in total. The van der Waals surface area contributed by atoms with Crippen molar-refractivity contribution in [3.8, 4) is 17.0 Å². The van der Waals surface area contributed by atoms with Gasteiger partial charge in [0, 0.05) is 37.8 Å². The molecule has 2 aromatic rings. The maximum atomic E-state index is 13.5. The molecule has 3 amide bonds. The fourth-order valence-corrected chi connectivity index (χ4v) is 3.83. The first kappa shape index (κ1) is 24.5. The average molecular weight is 455 g/mol. The van der Waals surface area contributed by atoms with Gasteiger partial charge in [-0.2, -0.15) is 0 Å². The standard InChI is InChI=1S/C25H34N4O4/c1-5-11-26-25(32)28(4)15-22-17(2)14-29(18(3)16-30)24(31)21-12-20(13-27-23(21)33-22)19-9-7-6-8-10-19/h6-10,12-13,17-18,22,30H,5,11,14-16H2,1-4H3,(H,26,32)/t17-,18+,22+/m0/s1. The van der Waals surface area contributed by atoms with E-state index in [-0.39, 0.29) is 42.5 Å². The second-order valence-corrected chi connectivity index (χ2v) is 8.68. The van der Waals surface area contributed by atoms with Crippen LogP contribution in [-0.4, -0.2) is 77.3 Å². The zero-order chi connectivity index (χ0) is 24.0. The third-order valence-electron chi connectivity index (χ3n) is 5.95. The van der Waals surface area contributed by atoms with E-state index in [0.717, 1.165) is 17.5 Å². The van der Waals surface area contributed by atoms with E-state index in [4.69, 9.17) is 4.74 Å². The number of carbonyl (C=O) groups is 2. The zero-order valence-corrected chi connectivity index (χ0v) is 19.8. The molecular formula is C25H34N4O4. The van der Waals surface area contributed by atoms with E-state index >= 15 is 0 Å². The molecule has 2 N–H and O–H groups in total. The number of aliphatic hydroxyl groups is 1. The number of rotatable bonds is 7. The van der Waals surface area contributed by atoms with Crippen LogP contribution in [-0.2, 0) is 0 Å². The number of nitrogens with one attached hydrogen (secondary N) is 1. The van der Waals surface area contributed by atoms with Gasteiger partial charge in [0.1, 0.15) is 11.7 Å². The molecule has 0 bridgehead atoms. The van der Waals surface area contributed by atoms with Gasteiger partial charge in [0.2, 0.25) is 5.88 Å². The number of likely N-dealkylation sites (N-methyl/N-ethyl adjacent to an activating group) is 1. The van der Waals surface area contributed by atoms with Crippen molar-refractivity contribution in [2.45, 2.75) is 39.3 Å². The summed E-state index contributed by atoms with van der Waals surface area (Å²) >= 11 is 0. The van der Waals surface area contributed by atoms with E-state index in [1.807, 2.05) is 51.1 Å². The summed E-state index contributed by atoms with van der Waals surface area (Å²) in [4.78, 5) is 33.7. The molecule has 0 saturated carbocycles. The maximum Gasteiger partial charge on any atom is 0.317 e. The Kier molecular flexibility index (Phi) is 8.27. The molecule has 3 atom stereocenters. The largest absolute Gasteiger partial charge is 0.472 e. The highest BCUT2D eigenvalue weighted by molar-refractivity contribution is 5.98. The smallest absolute Gasteiger partial charge is 0.317 e. The molecule has 3 rings (SSSR count). The summed E-state index contributed by atoms with van der Waals surface area (Å²) in [6.07, 6.45) is 2.17. The molecule has 8 heteroatoms. The van der Waals surface area contributed by atoms with E-state index in [2.05, 4.69) is 10.3 Å². The van der Waals surface area contributed by atoms with Gasteiger partial charge < -0.3 is 25.0 Å². The van der Waals surface area contributed by atoms with Crippen molar-refractivity contribution in [2.75, 3.05) is 33.3 Å². The quantitative estimate of drug-likeness (QED) is 0.671. The van der Waals surface area contributed by atoms with E-state index in [1.165, 1.54) is 0 Å². The second kappa shape index (κ2) is 11.1. The van der Waals surface area contributed by atoms with Gasteiger partial charge in [-0.25, -0.2) is 9.78 Å². The SMILES string of the molecule is CCCNC(=O)N(C)C[C@H]1Oc2ncc(-c3ccccc3)cc2C(=O)N([C@H](C)CO)C[C@@H]1C. The van der Waals surface area contributed by atoms with Gasteiger partial charge in [-0.1, -0.05) is 44.2 Å². The molecule has 2 heterocycles. The molecule has 1 aliphatic heterocycles. The molecule has 0 fully saturated rings. The van der Waals surface area contributed by atoms with Crippen LogP contribution >= 0.6 is 0 Å². The van der Waals surface area contributed by atoms with Crippen molar-refractivity contribution in [2.24, 2.45) is 5.92 Å². The fraction of sp³-hybridized carbons (Fsp3) is 0.480. The van der Waals surface area contributed by atoms with Crippen molar-refractivity contribution in [1.29, 1.82) is 0 Å². The van der Waals surface area contributed by atoms with E-state index in [1.54, 1.807) is 29.1 Å². The molecular weight excluding hydrogens is 420 g/mol. The summed E-state index contributed by atoms with van der Waals surface area (Å²) in [5.74, 6) is -0.0713. The zero-order valence-electron chi connectivity index (χ0n) is 19.8. The van der Waals surface area contributed by atoms with Gasteiger partial charge in [-0.15, -0.1) is 0 Å². The third kappa shape index (κ3) is 5.82. The number of hydrogen-bond acceptors (Lipinski definition) is 5. The van der Waals surface area contributed by atoms with Crippen molar-refractivity contribution < 1.29 is 19.4 Å². The summed E-state index contributed by atoms with van der Waals surface area (Å²) in [5.41, 5.74) is 2.11. The van der Waals surface area contributed by atoms with Crippen LogP contribution in [0.15, 0.2) is 42.6 Å². The molecule has 1 aromatic heterocycles. The number of amides is 3. The van der Waals surface area contributed by atoms with Crippen LogP contribution in [0, 0.1) is 5.92 Å². The molecule has 1 aliphatic rings. The van der Waals surface area contributed by atoms with Crippen molar-refractivity contribution >= 4 is 11.9 Å². The molecule has 0 saturated heterocycles. The summed E-state index contributed by atoms with van der Waals surface area (Å²) in [5, 5.41) is 12.7. The van der Waals surface area contributed by atoms with Gasteiger partial charge in [-0.3, -0.25) is 4.79 Å². The van der Waals surface area contributed by atoms with Crippen LogP contribution in [0.3, 0.4) is 0 Å². The van der Waals surface area contributed by atoms with Gasteiger partial charge in [0.25, 0.3) is 5.91 Å².